The maximum Gasteiger partial charge on any atom is 0.416 e. The second-order valence-corrected chi connectivity index (χ2v) is 5.37. The average molecular weight is 287 g/mol. The summed E-state index contributed by atoms with van der Waals surface area (Å²) in [6.45, 7) is 5.96. The van der Waals surface area contributed by atoms with Crippen LogP contribution in [0.25, 0.3) is 0 Å². The highest BCUT2D eigenvalue weighted by atomic mass is 19.4. The van der Waals surface area contributed by atoms with Crippen LogP contribution >= 0.6 is 0 Å². The van der Waals surface area contributed by atoms with Gasteiger partial charge in [-0.25, -0.2) is 0 Å². The minimum Gasteiger partial charge on any atom is -0.308 e. The Hall–Kier alpha value is -1.03. The first-order valence-corrected chi connectivity index (χ1v) is 7.28. The van der Waals surface area contributed by atoms with Crippen molar-refractivity contribution in [2.24, 2.45) is 0 Å². The zero-order valence-electron chi connectivity index (χ0n) is 12.4. The molecule has 2 unspecified atom stereocenters. The van der Waals surface area contributed by atoms with Crippen LogP contribution in [-0.2, 0) is 6.18 Å². The number of unbranched alkanes of at least 4 members (excludes halogenated alkanes) is 2. The Labute approximate surface area is 119 Å². The van der Waals surface area contributed by atoms with Gasteiger partial charge in [0.2, 0.25) is 0 Å². The van der Waals surface area contributed by atoms with E-state index in [1.54, 1.807) is 19.1 Å². The Morgan fingerprint density at radius 3 is 2.35 bits per heavy atom. The molecule has 0 aliphatic heterocycles. The number of benzene rings is 1. The lowest BCUT2D eigenvalue weighted by Gasteiger charge is -2.23. The Morgan fingerprint density at radius 1 is 1.10 bits per heavy atom. The van der Waals surface area contributed by atoms with E-state index in [1.165, 1.54) is 12.5 Å². The van der Waals surface area contributed by atoms with Crippen molar-refractivity contribution >= 4 is 0 Å². The zero-order chi connectivity index (χ0) is 15.2. The van der Waals surface area contributed by atoms with Gasteiger partial charge < -0.3 is 5.32 Å². The summed E-state index contributed by atoms with van der Waals surface area (Å²) in [5.74, 6) is 0. The lowest BCUT2D eigenvalue weighted by molar-refractivity contribution is -0.138. The van der Waals surface area contributed by atoms with E-state index >= 15 is 0 Å². The number of hydrogen-bond acceptors (Lipinski definition) is 1. The fourth-order valence-electron chi connectivity index (χ4n) is 2.43. The van der Waals surface area contributed by atoms with E-state index in [4.69, 9.17) is 0 Å². The number of hydrogen-bond donors (Lipinski definition) is 1. The maximum absolute atomic E-state index is 13.0. The molecule has 1 nitrogen and oxygen atoms in total. The van der Waals surface area contributed by atoms with E-state index in [-0.39, 0.29) is 12.1 Å². The lowest BCUT2D eigenvalue weighted by atomic mass is 9.99. The van der Waals surface area contributed by atoms with E-state index in [1.807, 2.05) is 6.92 Å². The third kappa shape index (κ3) is 5.16. The SMILES string of the molecule is CCCCCC(C)NC(C)c1ccccc1C(F)(F)F. The first-order valence-electron chi connectivity index (χ1n) is 7.28. The number of alkyl halides is 3. The van der Waals surface area contributed by atoms with Gasteiger partial charge in [0, 0.05) is 12.1 Å². The van der Waals surface area contributed by atoms with Gasteiger partial charge in [-0.15, -0.1) is 0 Å². The molecule has 0 radical (unpaired) electrons. The topological polar surface area (TPSA) is 12.0 Å². The molecule has 0 amide bonds. The predicted molar refractivity (Wildman–Crippen MR) is 76.6 cm³/mol. The zero-order valence-corrected chi connectivity index (χ0v) is 12.4. The lowest BCUT2D eigenvalue weighted by Crippen LogP contribution is -2.30. The normalized spacial score (nSPS) is 15.1. The van der Waals surface area contributed by atoms with Crippen molar-refractivity contribution in [2.75, 3.05) is 0 Å². The van der Waals surface area contributed by atoms with Crippen LogP contribution in [0.2, 0.25) is 0 Å². The minimum absolute atomic E-state index is 0.220. The van der Waals surface area contributed by atoms with Crippen LogP contribution in [0, 0.1) is 0 Å². The largest absolute Gasteiger partial charge is 0.416 e. The van der Waals surface area contributed by atoms with Gasteiger partial charge in [0.25, 0.3) is 0 Å². The summed E-state index contributed by atoms with van der Waals surface area (Å²) in [5.41, 5.74) is -0.219. The van der Waals surface area contributed by atoms with Gasteiger partial charge in [-0.2, -0.15) is 13.2 Å². The molecule has 1 N–H and O–H groups in total. The van der Waals surface area contributed by atoms with Crippen LogP contribution in [-0.4, -0.2) is 6.04 Å². The van der Waals surface area contributed by atoms with Crippen LogP contribution < -0.4 is 5.32 Å². The van der Waals surface area contributed by atoms with Gasteiger partial charge in [0.05, 0.1) is 5.56 Å². The summed E-state index contributed by atoms with van der Waals surface area (Å²) in [5, 5.41) is 3.27. The first-order chi connectivity index (χ1) is 9.36. The van der Waals surface area contributed by atoms with Gasteiger partial charge in [-0.3, -0.25) is 0 Å². The smallest absolute Gasteiger partial charge is 0.308 e. The second-order valence-electron chi connectivity index (χ2n) is 5.37. The molecule has 0 aromatic heterocycles. The Balaban J connectivity index is 2.70. The molecular weight excluding hydrogens is 263 g/mol. The molecule has 1 aromatic rings. The minimum atomic E-state index is -4.29. The average Bonchev–Trinajstić information content (AvgIpc) is 2.38. The summed E-state index contributed by atoms with van der Waals surface area (Å²) in [4.78, 5) is 0. The van der Waals surface area contributed by atoms with E-state index in [2.05, 4.69) is 12.2 Å². The van der Waals surface area contributed by atoms with Crippen molar-refractivity contribution in [3.63, 3.8) is 0 Å². The summed E-state index contributed by atoms with van der Waals surface area (Å²) >= 11 is 0. The monoisotopic (exact) mass is 287 g/mol. The maximum atomic E-state index is 13.0. The van der Waals surface area contributed by atoms with E-state index < -0.39 is 11.7 Å². The quantitative estimate of drug-likeness (QED) is 0.669. The van der Waals surface area contributed by atoms with Crippen molar-refractivity contribution in [1.82, 2.24) is 5.32 Å². The van der Waals surface area contributed by atoms with Gasteiger partial charge in [0.1, 0.15) is 0 Å². The molecule has 20 heavy (non-hydrogen) atoms. The summed E-state index contributed by atoms with van der Waals surface area (Å²) < 4.78 is 38.9. The highest BCUT2D eigenvalue weighted by Crippen LogP contribution is 2.34. The van der Waals surface area contributed by atoms with Crippen LogP contribution in [0.4, 0.5) is 13.2 Å². The number of rotatable bonds is 7. The van der Waals surface area contributed by atoms with Crippen molar-refractivity contribution in [3.05, 3.63) is 35.4 Å². The molecule has 0 saturated carbocycles. The highest BCUT2D eigenvalue weighted by Gasteiger charge is 2.34. The molecule has 1 rings (SSSR count). The van der Waals surface area contributed by atoms with Gasteiger partial charge in [0.15, 0.2) is 0 Å². The van der Waals surface area contributed by atoms with Crippen LogP contribution in [0.5, 0.6) is 0 Å². The number of nitrogens with one attached hydrogen (secondary N) is 1. The Morgan fingerprint density at radius 2 is 1.75 bits per heavy atom. The summed E-state index contributed by atoms with van der Waals surface area (Å²) in [7, 11) is 0. The van der Waals surface area contributed by atoms with Crippen LogP contribution in [0.3, 0.4) is 0 Å². The van der Waals surface area contributed by atoms with Crippen molar-refractivity contribution in [3.8, 4) is 0 Å². The second kappa shape index (κ2) is 7.67. The molecule has 0 aliphatic rings. The van der Waals surface area contributed by atoms with Crippen LogP contribution in [0.1, 0.15) is 63.6 Å². The predicted octanol–water partition coefficient (Wildman–Crippen LogP) is 5.32. The fraction of sp³-hybridized carbons (Fsp3) is 0.625. The third-order valence-corrected chi connectivity index (χ3v) is 3.51. The highest BCUT2D eigenvalue weighted by molar-refractivity contribution is 5.32. The Kier molecular flexibility index (Phi) is 6.53. The van der Waals surface area contributed by atoms with E-state index in [0.717, 1.165) is 25.3 Å². The summed E-state index contributed by atoms with van der Waals surface area (Å²) in [6.07, 6.45) is 0.126. The van der Waals surface area contributed by atoms with Crippen molar-refractivity contribution in [1.29, 1.82) is 0 Å². The molecule has 1 aromatic carbocycles. The van der Waals surface area contributed by atoms with Gasteiger partial charge in [-0.05, 0) is 31.9 Å². The van der Waals surface area contributed by atoms with Gasteiger partial charge in [-0.1, -0.05) is 44.4 Å². The van der Waals surface area contributed by atoms with E-state index in [0.29, 0.717) is 5.56 Å². The van der Waals surface area contributed by atoms with E-state index in [9.17, 15) is 13.2 Å². The first kappa shape index (κ1) is 17.0. The molecule has 0 bridgehead atoms. The molecule has 0 saturated heterocycles. The molecular formula is C16H24F3N. The van der Waals surface area contributed by atoms with Crippen molar-refractivity contribution < 1.29 is 13.2 Å². The molecule has 0 aliphatic carbocycles. The van der Waals surface area contributed by atoms with Crippen LogP contribution in [0.15, 0.2) is 24.3 Å². The van der Waals surface area contributed by atoms with Crippen molar-refractivity contribution in [2.45, 2.75) is 64.7 Å². The van der Waals surface area contributed by atoms with Gasteiger partial charge >= 0.3 is 6.18 Å². The molecule has 114 valence electrons. The number of halogens is 3. The standard InChI is InChI=1S/C16H24F3N/c1-4-5-6-9-12(2)20-13(3)14-10-7-8-11-15(14)16(17,18)19/h7-8,10-13,20H,4-6,9H2,1-3H3. The fourth-order valence-corrected chi connectivity index (χ4v) is 2.43. The molecule has 2 atom stereocenters. The molecule has 0 fully saturated rings. The molecule has 0 heterocycles. The third-order valence-electron chi connectivity index (χ3n) is 3.51. The molecule has 0 spiro atoms. The molecule has 4 heteroatoms. The summed E-state index contributed by atoms with van der Waals surface area (Å²) in [6, 6.07) is 5.71. The Bertz CT molecular complexity index is 401.